The molecule has 192 valence electrons. The predicted molar refractivity (Wildman–Crippen MR) is 154 cm³/mol. The van der Waals surface area contributed by atoms with Crippen LogP contribution in [0.3, 0.4) is 0 Å². The standard InChI is InChI=1S/C29H25N3O4S2/c1-36-24-11-5-9-22(16-24)30-27(33)19-38-25-12-6-10-23(17-25)31-29(35)26(15-20-13-14-37-18-20)32-28(34)21-7-3-2-4-8-21/h2-18H,19H2,1H3,(H,30,33)(H,31,35)(H,32,34)/b26-15-. The van der Waals surface area contributed by atoms with Crippen LogP contribution < -0.4 is 20.7 Å². The number of anilines is 2. The van der Waals surface area contributed by atoms with Gasteiger partial charge in [-0.05, 0) is 70.9 Å². The van der Waals surface area contributed by atoms with Crippen molar-refractivity contribution in [2.75, 3.05) is 23.5 Å². The molecule has 9 heteroatoms. The average Bonchev–Trinajstić information content (AvgIpc) is 3.45. The molecule has 4 aromatic rings. The second-order valence-electron chi connectivity index (χ2n) is 7.99. The van der Waals surface area contributed by atoms with E-state index < -0.39 is 5.91 Å². The number of amides is 3. The van der Waals surface area contributed by atoms with Crippen molar-refractivity contribution in [1.29, 1.82) is 0 Å². The molecular formula is C29H25N3O4S2. The number of carbonyl (C=O) groups excluding carboxylic acids is 3. The minimum atomic E-state index is -0.460. The van der Waals surface area contributed by atoms with E-state index in [0.29, 0.717) is 22.7 Å². The zero-order chi connectivity index (χ0) is 26.7. The Kier molecular flexibility index (Phi) is 9.33. The molecule has 1 heterocycles. The summed E-state index contributed by atoms with van der Waals surface area (Å²) < 4.78 is 5.18. The van der Waals surface area contributed by atoms with Crippen molar-refractivity contribution < 1.29 is 19.1 Å². The molecule has 0 saturated carbocycles. The lowest BCUT2D eigenvalue weighted by Crippen LogP contribution is -2.30. The van der Waals surface area contributed by atoms with Gasteiger partial charge in [0, 0.05) is 27.9 Å². The topological polar surface area (TPSA) is 96.5 Å². The van der Waals surface area contributed by atoms with Crippen LogP contribution in [-0.4, -0.2) is 30.6 Å². The van der Waals surface area contributed by atoms with Gasteiger partial charge in [-0.2, -0.15) is 11.3 Å². The summed E-state index contributed by atoms with van der Waals surface area (Å²) in [6.45, 7) is 0. The summed E-state index contributed by atoms with van der Waals surface area (Å²) >= 11 is 2.84. The number of carbonyl (C=O) groups is 3. The van der Waals surface area contributed by atoms with Gasteiger partial charge in [0.05, 0.1) is 12.9 Å². The maximum absolute atomic E-state index is 13.2. The predicted octanol–water partition coefficient (Wildman–Crippen LogP) is 5.90. The lowest BCUT2D eigenvalue weighted by atomic mass is 10.2. The highest BCUT2D eigenvalue weighted by atomic mass is 32.2. The molecule has 3 amide bonds. The van der Waals surface area contributed by atoms with Crippen LogP contribution in [0.1, 0.15) is 15.9 Å². The number of benzene rings is 3. The van der Waals surface area contributed by atoms with Gasteiger partial charge in [0.2, 0.25) is 5.91 Å². The molecule has 0 unspecified atom stereocenters. The summed E-state index contributed by atoms with van der Waals surface area (Å²) in [4.78, 5) is 39.1. The van der Waals surface area contributed by atoms with Crippen LogP contribution in [-0.2, 0) is 9.59 Å². The van der Waals surface area contributed by atoms with Gasteiger partial charge in [0.15, 0.2) is 0 Å². The molecule has 0 radical (unpaired) electrons. The molecule has 0 aliphatic rings. The second-order valence-corrected chi connectivity index (χ2v) is 9.81. The van der Waals surface area contributed by atoms with Crippen molar-refractivity contribution in [3.05, 3.63) is 113 Å². The van der Waals surface area contributed by atoms with E-state index >= 15 is 0 Å². The van der Waals surface area contributed by atoms with E-state index in [-0.39, 0.29) is 23.3 Å². The molecular weight excluding hydrogens is 518 g/mol. The quantitative estimate of drug-likeness (QED) is 0.171. The molecule has 0 aliphatic carbocycles. The Labute approximate surface area is 228 Å². The second kappa shape index (κ2) is 13.3. The highest BCUT2D eigenvalue weighted by Crippen LogP contribution is 2.23. The number of rotatable bonds is 10. The first kappa shape index (κ1) is 26.7. The molecule has 7 nitrogen and oxygen atoms in total. The third-order valence-electron chi connectivity index (χ3n) is 5.20. The van der Waals surface area contributed by atoms with E-state index in [2.05, 4.69) is 16.0 Å². The molecule has 0 saturated heterocycles. The van der Waals surface area contributed by atoms with Gasteiger partial charge in [-0.1, -0.05) is 30.3 Å². The first-order valence-electron chi connectivity index (χ1n) is 11.6. The molecule has 0 spiro atoms. The third-order valence-corrected chi connectivity index (χ3v) is 6.89. The molecule has 3 aromatic carbocycles. The van der Waals surface area contributed by atoms with Crippen molar-refractivity contribution in [1.82, 2.24) is 5.32 Å². The Morgan fingerprint density at radius 2 is 1.66 bits per heavy atom. The molecule has 0 atom stereocenters. The van der Waals surface area contributed by atoms with E-state index in [1.54, 1.807) is 79.9 Å². The fourth-order valence-corrected chi connectivity index (χ4v) is 4.75. The van der Waals surface area contributed by atoms with Crippen molar-refractivity contribution in [3.63, 3.8) is 0 Å². The normalized spacial score (nSPS) is 10.9. The fraction of sp³-hybridized carbons (Fsp3) is 0.0690. The molecule has 38 heavy (non-hydrogen) atoms. The van der Waals surface area contributed by atoms with E-state index in [1.807, 2.05) is 29.0 Å². The Hall–Kier alpha value is -4.34. The smallest absolute Gasteiger partial charge is 0.272 e. The van der Waals surface area contributed by atoms with Crippen molar-refractivity contribution in [2.24, 2.45) is 0 Å². The number of ether oxygens (including phenoxy) is 1. The van der Waals surface area contributed by atoms with Crippen LogP contribution in [0, 0.1) is 0 Å². The average molecular weight is 544 g/mol. The van der Waals surface area contributed by atoms with Gasteiger partial charge < -0.3 is 20.7 Å². The molecule has 0 aliphatic heterocycles. The van der Waals surface area contributed by atoms with Crippen LogP contribution in [0.2, 0.25) is 0 Å². The van der Waals surface area contributed by atoms with Crippen LogP contribution in [0.15, 0.2) is 106 Å². The zero-order valence-electron chi connectivity index (χ0n) is 20.5. The third kappa shape index (κ3) is 7.83. The van der Waals surface area contributed by atoms with E-state index in [4.69, 9.17) is 4.74 Å². The zero-order valence-corrected chi connectivity index (χ0v) is 22.1. The maximum Gasteiger partial charge on any atom is 0.272 e. The minimum absolute atomic E-state index is 0.118. The molecule has 0 bridgehead atoms. The largest absolute Gasteiger partial charge is 0.497 e. The Morgan fingerprint density at radius 1 is 0.895 bits per heavy atom. The first-order valence-corrected chi connectivity index (χ1v) is 13.5. The van der Waals surface area contributed by atoms with E-state index in [9.17, 15) is 14.4 Å². The van der Waals surface area contributed by atoms with Crippen LogP contribution >= 0.6 is 23.1 Å². The summed E-state index contributed by atoms with van der Waals surface area (Å²) in [6.07, 6.45) is 1.63. The Morgan fingerprint density at radius 3 is 2.39 bits per heavy atom. The van der Waals surface area contributed by atoms with Crippen LogP contribution in [0.4, 0.5) is 11.4 Å². The lowest BCUT2D eigenvalue weighted by molar-refractivity contribution is -0.114. The Bertz CT molecular complexity index is 1440. The molecule has 4 rings (SSSR count). The van der Waals surface area contributed by atoms with Gasteiger partial charge >= 0.3 is 0 Å². The van der Waals surface area contributed by atoms with Gasteiger partial charge in [-0.25, -0.2) is 0 Å². The lowest BCUT2D eigenvalue weighted by Gasteiger charge is -2.12. The first-order chi connectivity index (χ1) is 18.5. The highest BCUT2D eigenvalue weighted by Gasteiger charge is 2.15. The van der Waals surface area contributed by atoms with Gasteiger partial charge in [-0.15, -0.1) is 11.8 Å². The van der Waals surface area contributed by atoms with Crippen molar-refractivity contribution in [3.8, 4) is 5.75 Å². The summed E-state index contributed by atoms with van der Waals surface area (Å²) in [5.74, 6) is -0.161. The summed E-state index contributed by atoms with van der Waals surface area (Å²) in [6, 6.07) is 24.9. The number of nitrogens with one attached hydrogen (secondary N) is 3. The maximum atomic E-state index is 13.2. The molecule has 0 fully saturated rings. The van der Waals surface area contributed by atoms with Crippen molar-refractivity contribution in [2.45, 2.75) is 4.90 Å². The number of hydrogen-bond donors (Lipinski definition) is 3. The number of thiophene rings is 1. The number of thioether (sulfide) groups is 1. The summed E-state index contributed by atoms with van der Waals surface area (Å²) in [5, 5.41) is 12.2. The number of methoxy groups -OCH3 is 1. The molecule has 3 N–H and O–H groups in total. The monoisotopic (exact) mass is 543 g/mol. The van der Waals surface area contributed by atoms with Gasteiger partial charge in [-0.3, -0.25) is 14.4 Å². The summed E-state index contributed by atoms with van der Waals surface area (Å²) in [7, 11) is 1.57. The molecule has 1 aromatic heterocycles. The SMILES string of the molecule is COc1cccc(NC(=O)CSc2cccc(NC(=O)/C(=C/c3ccsc3)NC(=O)c3ccccc3)c2)c1. The van der Waals surface area contributed by atoms with Crippen LogP contribution in [0.25, 0.3) is 6.08 Å². The minimum Gasteiger partial charge on any atom is -0.497 e. The number of hydrogen-bond acceptors (Lipinski definition) is 6. The fourth-order valence-electron chi connectivity index (χ4n) is 3.38. The summed E-state index contributed by atoms with van der Waals surface area (Å²) in [5.41, 5.74) is 2.56. The Balaban J connectivity index is 1.40. The van der Waals surface area contributed by atoms with Crippen LogP contribution in [0.5, 0.6) is 5.75 Å². The van der Waals surface area contributed by atoms with Gasteiger partial charge in [0.1, 0.15) is 11.4 Å². The van der Waals surface area contributed by atoms with E-state index in [0.717, 1.165) is 10.5 Å². The van der Waals surface area contributed by atoms with Crippen molar-refractivity contribution >= 4 is 58.3 Å². The van der Waals surface area contributed by atoms with Gasteiger partial charge in [0.25, 0.3) is 11.8 Å². The highest BCUT2D eigenvalue weighted by molar-refractivity contribution is 8.00. The van der Waals surface area contributed by atoms with E-state index in [1.165, 1.54) is 23.1 Å².